The van der Waals surface area contributed by atoms with Crippen LogP contribution in [-0.2, 0) is 4.79 Å². The second-order valence-corrected chi connectivity index (χ2v) is 4.25. The monoisotopic (exact) mass is 234 g/mol. The first-order chi connectivity index (χ1) is 8.19. The molecule has 17 heavy (non-hydrogen) atoms. The number of hydrogen-bond acceptors (Lipinski definition) is 5. The average Bonchev–Trinajstić information content (AvgIpc) is 2.28. The molecular formula is C12H18N4O. The SMILES string of the molecule is CCNc1cc(N2CCCC(=O)C2)nc(C)n1. The molecule has 0 aliphatic carbocycles. The summed E-state index contributed by atoms with van der Waals surface area (Å²) in [5.41, 5.74) is 0. The van der Waals surface area contributed by atoms with Gasteiger partial charge in [-0.2, -0.15) is 0 Å². The molecule has 0 radical (unpaired) electrons. The molecule has 0 spiro atoms. The summed E-state index contributed by atoms with van der Waals surface area (Å²) in [7, 11) is 0. The molecule has 1 fully saturated rings. The molecule has 1 aromatic heterocycles. The summed E-state index contributed by atoms with van der Waals surface area (Å²) < 4.78 is 0. The van der Waals surface area contributed by atoms with Gasteiger partial charge in [-0.15, -0.1) is 0 Å². The Morgan fingerprint density at radius 2 is 2.29 bits per heavy atom. The van der Waals surface area contributed by atoms with E-state index in [-0.39, 0.29) is 5.78 Å². The number of Topliss-reactive ketones (excluding diaryl/α,β-unsaturated/α-hetero) is 1. The third-order valence-electron chi connectivity index (χ3n) is 2.76. The van der Waals surface area contributed by atoms with E-state index in [1.807, 2.05) is 24.8 Å². The smallest absolute Gasteiger partial charge is 0.152 e. The number of aryl methyl sites for hydroxylation is 1. The van der Waals surface area contributed by atoms with Gasteiger partial charge in [0.1, 0.15) is 17.5 Å². The first kappa shape index (κ1) is 11.8. The average molecular weight is 234 g/mol. The van der Waals surface area contributed by atoms with Gasteiger partial charge in [-0.1, -0.05) is 0 Å². The molecule has 0 aromatic carbocycles. The van der Waals surface area contributed by atoms with Gasteiger partial charge in [-0.25, -0.2) is 9.97 Å². The molecule has 1 saturated heterocycles. The Bertz CT molecular complexity index is 419. The van der Waals surface area contributed by atoms with Gasteiger partial charge in [-0.05, 0) is 20.3 Å². The molecule has 0 atom stereocenters. The zero-order valence-corrected chi connectivity index (χ0v) is 10.4. The summed E-state index contributed by atoms with van der Waals surface area (Å²) in [5, 5.41) is 3.18. The molecule has 5 heteroatoms. The van der Waals surface area contributed by atoms with E-state index in [0.717, 1.165) is 37.0 Å². The molecule has 1 aromatic rings. The molecule has 2 heterocycles. The van der Waals surface area contributed by atoms with E-state index in [0.29, 0.717) is 13.0 Å². The molecule has 1 N–H and O–H groups in total. The van der Waals surface area contributed by atoms with Gasteiger partial charge in [0.25, 0.3) is 0 Å². The third kappa shape index (κ3) is 2.93. The van der Waals surface area contributed by atoms with Crippen molar-refractivity contribution in [1.29, 1.82) is 0 Å². The quantitative estimate of drug-likeness (QED) is 0.856. The fraction of sp³-hybridized carbons (Fsp3) is 0.583. The van der Waals surface area contributed by atoms with Gasteiger partial charge in [-0.3, -0.25) is 4.79 Å². The van der Waals surface area contributed by atoms with Crippen molar-refractivity contribution in [1.82, 2.24) is 9.97 Å². The number of nitrogens with zero attached hydrogens (tertiary/aromatic N) is 3. The van der Waals surface area contributed by atoms with E-state index < -0.39 is 0 Å². The van der Waals surface area contributed by atoms with Crippen molar-refractivity contribution < 1.29 is 4.79 Å². The highest BCUT2D eigenvalue weighted by atomic mass is 16.1. The molecular weight excluding hydrogens is 216 g/mol. The van der Waals surface area contributed by atoms with Crippen LogP contribution in [-0.4, -0.2) is 35.4 Å². The van der Waals surface area contributed by atoms with Gasteiger partial charge in [0, 0.05) is 25.6 Å². The van der Waals surface area contributed by atoms with E-state index in [2.05, 4.69) is 15.3 Å². The van der Waals surface area contributed by atoms with Crippen LogP contribution in [0.5, 0.6) is 0 Å². The molecule has 0 unspecified atom stereocenters. The van der Waals surface area contributed by atoms with E-state index >= 15 is 0 Å². The maximum Gasteiger partial charge on any atom is 0.152 e. The highest BCUT2D eigenvalue weighted by Gasteiger charge is 2.18. The van der Waals surface area contributed by atoms with Crippen molar-refractivity contribution in [2.45, 2.75) is 26.7 Å². The summed E-state index contributed by atoms with van der Waals surface area (Å²) in [6, 6.07) is 1.91. The number of piperidine rings is 1. The summed E-state index contributed by atoms with van der Waals surface area (Å²) in [5.74, 6) is 2.70. The minimum absolute atomic E-state index is 0.289. The van der Waals surface area contributed by atoms with Crippen molar-refractivity contribution in [2.75, 3.05) is 29.9 Å². The lowest BCUT2D eigenvalue weighted by Gasteiger charge is -2.27. The molecule has 0 saturated carbocycles. The lowest BCUT2D eigenvalue weighted by atomic mass is 10.1. The Morgan fingerprint density at radius 3 is 3.00 bits per heavy atom. The van der Waals surface area contributed by atoms with Crippen LogP contribution in [0.25, 0.3) is 0 Å². The highest BCUT2D eigenvalue weighted by Crippen LogP contribution is 2.19. The van der Waals surface area contributed by atoms with Crippen LogP contribution >= 0.6 is 0 Å². The highest BCUT2D eigenvalue weighted by molar-refractivity contribution is 5.84. The molecule has 5 nitrogen and oxygen atoms in total. The Kier molecular flexibility index (Phi) is 3.56. The Hall–Kier alpha value is -1.65. The zero-order valence-electron chi connectivity index (χ0n) is 10.4. The lowest BCUT2D eigenvalue weighted by molar-refractivity contribution is -0.118. The summed E-state index contributed by atoms with van der Waals surface area (Å²) in [6.45, 7) is 6.10. The van der Waals surface area contributed by atoms with Crippen molar-refractivity contribution in [3.63, 3.8) is 0 Å². The second-order valence-electron chi connectivity index (χ2n) is 4.25. The van der Waals surface area contributed by atoms with E-state index in [9.17, 15) is 4.79 Å². The normalized spacial score (nSPS) is 16.1. The number of aromatic nitrogens is 2. The number of carbonyl (C=O) groups excluding carboxylic acids is 1. The van der Waals surface area contributed by atoms with E-state index in [4.69, 9.17) is 0 Å². The maximum absolute atomic E-state index is 11.4. The first-order valence-electron chi connectivity index (χ1n) is 6.05. The number of rotatable bonds is 3. The number of carbonyl (C=O) groups is 1. The van der Waals surface area contributed by atoms with Gasteiger partial charge in [0.05, 0.1) is 6.54 Å². The minimum atomic E-state index is 0.289. The largest absolute Gasteiger partial charge is 0.370 e. The maximum atomic E-state index is 11.4. The van der Waals surface area contributed by atoms with Crippen LogP contribution in [0, 0.1) is 6.92 Å². The predicted octanol–water partition coefficient (Wildman–Crippen LogP) is 1.39. The van der Waals surface area contributed by atoms with Crippen LogP contribution in [0.4, 0.5) is 11.6 Å². The Balaban J connectivity index is 2.21. The first-order valence-corrected chi connectivity index (χ1v) is 6.05. The van der Waals surface area contributed by atoms with Crippen LogP contribution in [0.3, 0.4) is 0 Å². The van der Waals surface area contributed by atoms with Crippen LogP contribution in [0.1, 0.15) is 25.6 Å². The van der Waals surface area contributed by atoms with Crippen molar-refractivity contribution in [3.8, 4) is 0 Å². The van der Waals surface area contributed by atoms with Gasteiger partial charge < -0.3 is 10.2 Å². The predicted molar refractivity (Wildman–Crippen MR) is 67.4 cm³/mol. The van der Waals surface area contributed by atoms with Crippen LogP contribution in [0.2, 0.25) is 0 Å². The zero-order chi connectivity index (χ0) is 12.3. The number of anilines is 2. The number of nitrogens with one attached hydrogen (secondary N) is 1. The Labute approximate surface area is 101 Å². The molecule has 0 bridgehead atoms. The fourth-order valence-electron chi connectivity index (χ4n) is 2.02. The number of hydrogen-bond donors (Lipinski definition) is 1. The molecule has 1 aliphatic rings. The van der Waals surface area contributed by atoms with Crippen molar-refractivity contribution in [3.05, 3.63) is 11.9 Å². The van der Waals surface area contributed by atoms with Crippen molar-refractivity contribution >= 4 is 17.4 Å². The summed E-state index contributed by atoms with van der Waals surface area (Å²) >= 11 is 0. The van der Waals surface area contributed by atoms with E-state index in [1.165, 1.54) is 0 Å². The summed E-state index contributed by atoms with van der Waals surface area (Å²) in [6.07, 6.45) is 1.61. The van der Waals surface area contributed by atoms with Crippen LogP contribution in [0.15, 0.2) is 6.07 Å². The second kappa shape index (κ2) is 5.12. The molecule has 0 amide bonds. The summed E-state index contributed by atoms with van der Waals surface area (Å²) in [4.78, 5) is 22.2. The van der Waals surface area contributed by atoms with Crippen LogP contribution < -0.4 is 10.2 Å². The van der Waals surface area contributed by atoms with E-state index in [1.54, 1.807) is 0 Å². The topological polar surface area (TPSA) is 58.1 Å². The molecule has 92 valence electrons. The minimum Gasteiger partial charge on any atom is -0.370 e. The van der Waals surface area contributed by atoms with Gasteiger partial charge in [0.2, 0.25) is 0 Å². The molecule has 1 aliphatic heterocycles. The fourth-order valence-corrected chi connectivity index (χ4v) is 2.02. The van der Waals surface area contributed by atoms with Gasteiger partial charge in [0.15, 0.2) is 5.78 Å². The standard InChI is InChI=1S/C12H18N4O/c1-3-13-11-7-12(15-9(2)14-11)16-6-4-5-10(17)8-16/h7H,3-6,8H2,1-2H3,(H,13,14,15). The Morgan fingerprint density at radius 1 is 1.47 bits per heavy atom. The van der Waals surface area contributed by atoms with Gasteiger partial charge >= 0.3 is 0 Å². The number of ketones is 1. The third-order valence-corrected chi connectivity index (χ3v) is 2.76. The van der Waals surface area contributed by atoms with Crippen molar-refractivity contribution in [2.24, 2.45) is 0 Å². The molecule has 2 rings (SSSR count). The lowest BCUT2D eigenvalue weighted by Crippen LogP contribution is -2.36.